The fraction of sp³-hybridized carbons (Fsp3) is 1.00. The number of hydrogen-bond donors (Lipinski definition) is 0. The molecule has 0 spiro atoms. The minimum Gasteiger partial charge on any atom is -0.0669 e. The summed E-state index contributed by atoms with van der Waals surface area (Å²) in [6.45, 7) is 12.4. The molecule has 0 saturated heterocycles. The Morgan fingerprint density at radius 3 is 2.41 bits per heavy atom. The minimum atomic E-state index is 0.400. The predicted molar refractivity (Wildman–Crippen MR) is 92.9 cm³/mol. The molecule has 2 aliphatic carbocycles. The van der Waals surface area contributed by atoms with Gasteiger partial charge in [0.05, 0.1) is 1.43 Å². The van der Waals surface area contributed by atoms with Crippen molar-refractivity contribution < 1.29 is 0 Å². The first kappa shape index (κ1) is 14.9. The van der Waals surface area contributed by atoms with Crippen LogP contribution >= 0.6 is 45.2 Å². The largest absolute Gasteiger partial charge is 0.0762 e. The van der Waals surface area contributed by atoms with Crippen LogP contribution in [0.2, 0.25) is 0 Å². The average Bonchev–Trinajstić information content (AvgIpc) is 2.48. The van der Waals surface area contributed by atoms with Crippen LogP contribution in [0.4, 0.5) is 0 Å². The van der Waals surface area contributed by atoms with Crippen LogP contribution in [0.1, 0.15) is 60.3 Å². The van der Waals surface area contributed by atoms with Crippen molar-refractivity contribution in [2.24, 2.45) is 28.6 Å². The molecule has 0 aliphatic heterocycles. The van der Waals surface area contributed by atoms with Crippen LogP contribution in [0.25, 0.3) is 0 Å². The molecular weight excluding hydrogens is 434 g/mol. The third kappa shape index (κ3) is 2.02. The molecule has 17 heavy (non-hydrogen) atoms. The van der Waals surface area contributed by atoms with E-state index in [4.69, 9.17) is 0 Å². The van der Waals surface area contributed by atoms with Crippen LogP contribution in [-0.2, 0) is 0 Å². The molecule has 0 aromatic rings. The summed E-state index contributed by atoms with van der Waals surface area (Å²) < 4.78 is 0.400. The Morgan fingerprint density at radius 1 is 1.35 bits per heavy atom. The summed E-state index contributed by atoms with van der Waals surface area (Å²) in [7, 11) is 0. The third-order valence-electron chi connectivity index (χ3n) is 6.35. The van der Waals surface area contributed by atoms with Crippen molar-refractivity contribution in [2.75, 3.05) is 0 Å². The zero-order valence-corrected chi connectivity index (χ0v) is 16.1. The van der Waals surface area contributed by atoms with E-state index in [9.17, 15) is 0 Å². The van der Waals surface area contributed by atoms with Gasteiger partial charge in [0.15, 0.2) is 0 Å². The molecule has 100 valence electrons. The van der Waals surface area contributed by atoms with Crippen molar-refractivity contribution >= 4 is 45.2 Å². The van der Waals surface area contributed by atoms with E-state index in [0.29, 0.717) is 12.3 Å². The number of halogens is 2. The number of fused-ring (bicyclic) bond motifs is 1. The summed E-state index contributed by atoms with van der Waals surface area (Å²) in [4.78, 5) is 0. The van der Waals surface area contributed by atoms with Gasteiger partial charge < -0.3 is 0 Å². The molecule has 2 heteroatoms. The van der Waals surface area contributed by atoms with Crippen molar-refractivity contribution in [2.45, 2.75) is 61.7 Å². The molecule has 0 aromatic heterocycles. The van der Waals surface area contributed by atoms with Gasteiger partial charge >= 0.3 is 0 Å². The molecule has 0 bridgehead atoms. The maximum absolute atomic E-state index is 2.69. The Bertz CT molecular complexity index is 307. The van der Waals surface area contributed by atoms with Gasteiger partial charge in [-0.3, -0.25) is 0 Å². The Hall–Kier alpha value is 1.46. The van der Waals surface area contributed by atoms with Gasteiger partial charge in [-0.2, -0.15) is 0 Å². The van der Waals surface area contributed by atoms with Crippen molar-refractivity contribution in [3.8, 4) is 0 Å². The highest BCUT2D eigenvalue weighted by Crippen LogP contribution is 2.73. The smallest absolute Gasteiger partial charge is 0.0669 e. The molecule has 0 amide bonds. The number of hydrogen-bond acceptors (Lipinski definition) is 0. The lowest BCUT2D eigenvalue weighted by molar-refractivity contribution is -0.103. The zero-order chi connectivity index (χ0) is 13.1. The summed E-state index contributed by atoms with van der Waals surface area (Å²) >= 11 is 5.39. The van der Waals surface area contributed by atoms with E-state index in [-0.39, 0.29) is 0 Å². The normalized spacial score (nSPS) is 47.5. The Labute approximate surface area is 134 Å². The van der Waals surface area contributed by atoms with Crippen LogP contribution in [0, 0.1) is 28.6 Å². The van der Waals surface area contributed by atoms with E-state index < -0.39 is 0 Å². The van der Waals surface area contributed by atoms with Gasteiger partial charge in [-0.1, -0.05) is 79.3 Å². The fourth-order valence-electron chi connectivity index (χ4n) is 4.81. The second-order valence-electron chi connectivity index (χ2n) is 7.10. The van der Waals surface area contributed by atoms with Crippen LogP contribution in [-0.4, -0.2) is 1.43 Å². The number of rotatable bonds is 3. The highest BCUT2D eigenvalue weighted by molar-refractivity contribution is 14.2. The van der Waals surface area contributed by atoms with Gasteiger partial charge in [-0.15, -0.1) is 0 Å². The third-order valence-corrected chi connectivity index (χ3v) is 8.81. The summed E-state index contributed by atoms with van der Waals surface area (Å²) in [6, 6.07) is 0. The summed E-state index contributed by atoms with van der Waals surface area (Å²) in [5.41, 5.74) is 1.15. The maximum Gasteiger partial charge on any atom is 0.0762 e. The van der Waals surface area contributed by atoms with E-state index in [1.54, 1.807) is 0 Å². The highest BCUT2D eigenvalue weighted by atomic mass is 127. The Balaban J connectivity index is 2.30. The zero-order valence-electron chi connectivity index (χ0n) is 11.8. The molecule has 0 radical (unpaired) electrons. The van der Waals surface area contributed by atoms with Crippen LogP contribution < -0.4 is 0 Å². The topological polar surface area (TPSA) is 0 Å². The van der Waals surface area contributed by atoms with Crippen molar-refractivity contribution in [3.63, 3.8) is 0 Å². The van der Waals surface area contributed by atoms with Gasteiger partial charge in [0.2, 0.25) is 0 Å². The van der Waals surface area contributed by atoms with Crippen molar-refractivity contribution in [1.29, 1.82) is 0 Å². The molecule has 2 saturated carbocycles. The van der Waals surface area contributed by atoms with Gasteiger partial charge in [0.1, 0.15) is 0 Å². The lowest BCUT2D eigenvalue weighted by atomic mass is 9.46. The van der Waals surface area contributed by atoms with Crippen molar-refractivity contribution in [3.05, 3.63) is 0 Å². The second kappa shape index (κ2) is 4.49. The molecule has 2 unspecified atom stereocenters. The molecule has 0 nitrogen and oxygen atoms in total. The summed E-state index contributed by atoms with van der Waals surface area (Å²) in [5.74, 6) is 2.88. The first-order valence-corrected chi connectivity index (χ1v) is 9.20. The van der Waals surface area contributed by atoms with Crippen LogP contribution in [0.5, 0.6) is 0 Å². The standard InChI is InChI=1S/C15H26I2/c1-6-10(2)13(3)9-11-7-8-14(4,12(11)13)15(5,16)17/h10-12H,6-9H2,1-5H3/t10?,11?,12-,13+,14+/m1/s1. The van der Waals surface area contributed by atoms with Crippen LogP contribution in [0.3, 0.4) is 0 Å². The molecule has 0 heterocycles. The lowest BCUT2D eigenvalue weighted by Gasteiger charge is -2.61. The summed E-state index contributed by atoms with van der Waals surface area (Å²) in [5, 5.41) is 0. The molecule has 0 N–H and O–H groups in total. The molecule has 2 fully saturated rings. The molecular formula is C15H26I2. The monoisotopic (exact) mass is 460 g/mol. The molecule has 2 aliphatic rings. The average molecular weight is 460 g/mol. The Kier molecular flexibility index (Phi) is 3.92. The summed E-state index contributed by atoms with van der Waals surface area (Å²) in [6.07, 6.45) is 5.76. The maximum atomic E-state index is 2.69. The van der Waals surface area contributed by atoms with E-state index >= 15 is 0 Å². The lowest BCUT2D eigenvalue weighted by Crippen LogP contribution is -2.56. The van der Waals surface area contributed by atoms with Gasteiger partial charge in [-0.25, -0.2) is 0 Å². The van der Waals surface area contributed by atoms with E-state index in [2.05, 4.69) is 79.8 Å². The fourth-order valence-corrected chi connectivity index (χ4v) is 6.02. The second-order valence-corrected chi connectivity index (χ2v) is 13.5. The Morgan fingerprint density at radius 2 is 1.94 bits per heavy atom. The molecule has 5 atom stereocenters. The SMILES string of the molecule is CCC(C)[C@]1(C)CC2CC[C@](C)(C(C)(I)I)[C@H]21. The quantitative estimate of drug-likeness (QED) is 0.355. The highest BCUT2D eigenvalue weighted by Gasteiger charge is 2.66. The van der Waals surface area contributed by atoms with Gasteiger partial charge in [0, 0.05) is 0 Å². The van der Waals surface area contributed by atoms with E-state index in [1.807, 2.05) is 0 Å². The first-order valence-electron chi connectivity index (χ1n) is 7.04. The number of alkyl halides is 2. The molecule has 0 aromatic carbocycles. The predicted octanol–water partition coefficient (Wildman–Crippen LogP) is 6.06. The van der Waals surface area contributed by atoms with Crippen LogP contribution in [0.15, 0.2) is 0 Å². The first-order chi connectivity index (χ1) is 7.67. The minimum absolute atomic E-state index is 0.400. The van der Waals surface area contributed by atoms with Gasteiger partial charge in [-0.05, 0) is 54.8 Å². The van der Waals surface area contributed by atoms with E-state index in [0.717, 1.165) is 17.8 Å². The van der Waals surface area contributed by atoms with E-state index in [1.165, 1.54) is 25.7 Å². The molecule has 2 rings (SSSR count). The van der Waals surface area contributed by atoms with Gasteiger partial charge in [0.25, 0.3) is 0 Å². The van der Waals surface area contributed by atoms with Crippen molar-refractivity contribution in [1.82, 2.24) is 0 Å².